The fraction of sp³-hybridized carbons (Fsp3) is 0.300. The van der Waals surface area contributed by atoms with Gasteiger partial charge < -0.3 is 9.88 Å². The molecule has 2 aromatic heterocycles. The first-order valence-electron chi connectivity index (χ1n) is 4.82. The number of nitrogens with one attached hydrogen (secondary N) is 1. The van der Waals surface area contributed by atoms with Crippen LogP contribution in [0.2, 0.25) is 0 Å². The van der Waals surface area contributed by atoms with E-state index >= 15 is 0 Å². The minimum Gasteiger partial charge on any atom is -0.320 e. The van der Waals surface area contributed by atoms with Gasteiger partial charge >= 0.3 is 0 Å². The largest absolute Gasteiger partial charge is 0.320 e. The molecule has 5 nitrogen and oxygen atoms in total. The summed E-state index contributed by atoms with van der Waals surface area (Å²) in [6.45, 7) is 1.43. The summed E-state index contributed by atoms with van der Waals surface area (Å²) in [6, 6.07) is 5.93. The average Bonchev–Trinajstić information content (AvgIpc) is 2.89. The zero-order chi connectivity index (χ0) is 11.4. The number of hydrogen-bond donors (Lipinski definition) is 1. The molecule has 2 rings (SSSR count). The molecule has 0 aliphatic rings. The van der Waals surface area contributed by atoms with E-state index in [2.05, 4.69) is 21.6 Å². The fourth-order valence-electron chi connectivity index (χ4n) is 1.30. The maximum atomic E-state index is 8.68. The number of nitrogens with zero attached hydrogens (tertiary/aromatic N) is 4. The van der Waals surface area contributed by atoms with Gasteiger partial charge in [-0.2, -0.15) is 5.26 Å². The van der Waals surface area contributed by atoms with Gasteiger partial charge in [0.1, 0.15) is 23.1 Å². The minimum atomic E-state index is 0.677. The van der Waals surface area contributed by atoms with Crippen LogP contribution in [0, 0.1) is 11.3 Å². The zero-order valence-corrected chi connectivity index (χ0v) is 9.66. The van der Waals surface area contributed by atoms with Gasteiger partial charge in [-0.1, -0.05) is 0 Å². The van der Waals surface area contributed by atoms with E-state index < -0.39 is 0 Å². The van der Waals surface area contributed by atoms with E-state index in [4.69, 9.17) is 5.26 Å². The van der Waals surface area contributed by atoms with Crippen LogP contribution in [0.4, 0.5) is 0 Å². The van der Waals surface area contributed by atoms with Gasteiger partial charge in [-0.05, 0) is 12.1 Å². The smallest absolute Gasteiger partial charge is 0.146 e. The molecule has 0 spiro atoms. The Kier molecular flexibility index (Phi) is 3.29. The van der Waals surface area contributed by atoms with Gasteiger partial charge in [-0.15, -0.1) is 21.5 Å². The van der Waals surface area contributed by atoms with Crippen LogP contribution in [0.15, 0.2) is 18.5 Å². The Morgan fingerprint density at radius 2 is 2.38 bits per heavy atom. The third-order valence-corrected chi connectivity index (χ3v) is 3.15. The van der Waals surface area contributed by atoms with Crippen LogP contribution in [0.1, 0.15) is 15.6 Å². The second kappa shape index (κ2) is 4.88. The maximum Gasteiger partial charge on any atom is 0.146 e. The van der Waals surface area contributed by atoms with Crippen LogP contribution in [0.5, 0.6) is 0 Å². The molecule has 0 aromatic carbocycles. The summed E-state index contributed by atoms with van der Waals surface area (Å²) in [5.74, 6) is 0.900. The molecule has 16 heavy (non-hydrogen) atoms. The lowest BCUT2D eigenvalue weighted by molar-refractivity contribution is 0.642. The number of aromatic nitrogens is 3. The van der Waals surface area contributed by atoms with Crippen molar-refractivity contribution < 1.29 is 0 Å². The van der Waals surface area contributed by atoms with E-state index in [-0.39, 0.29) is 0 Å². The molecule has 0 bridgehead atoms. The predicted octanol–water partition coefficient (Wildman–Crippen LogP) is 1.04. The molecule has 0 saturated heterocycles. The van der Waals surface area contributed by atoms with E-state index in [0.717, 1.165) is 22.1 Å². The van der Waals surface area contributed by atoms with Crippen LogP contribution in [0.25, 0.3) is 0 Å². The molecule has 0 saturated carbocycles. The highest BCUT2D eigenvalue weighted by molar-refractivity contribution is 7.12. The summed E-state index contributed by atoms with van der Waals surface area (Å²) < 4.78 is 1.88. The highest BCUT2D eigenvalue weighted by Gasteiger charge is 2.01. The van der Waals surface area contributed by atoms with Gasteiger partial charge in [0, 0.05) is 18.5 Å². The second-order valence-corrected chi connectivity index (χ2v) is 4.51. The molecule has 0 fully saturated rings. The molecule has 1 N–H and O–H groups in total. The van der Waals surface area contributed by atoms with Crippen molar-refractivity contribution in [2.24, 2.45) is 7.05 Å². The van der Waals surface area contributed by atoms with Crippen LogP contribution < -0.4 is 5.32 Å². The summed E-state index contributed by atoms with van der Waals surface area (Å²) in [6.07, 6.45) is 1.68. The van der Waals surface area contributed by atoms with Crippen molar-refractivity contribution in [3.05, 3.63) is 34.0 Å². The summed E-state index contributed by atoms with van der Waals surface area (Å²) in [4.78, 5) is 1.90. The standard InChI is InChI=1S/C10H11N5S/c1-15-7-13-14-10(15)6-12-5-9-3-2-8(4-11)16-9/h2-3,7,12H,5-6H2,1H3. The van der Waals surface area contributed by atoms with Crippen molar-refractivity contribution in [1.82, 2.24) is 20.1 Å². The first-order valence-corrected chi connectivity index (χ1v) is 5.63. The lowest BCUT2D eigenvalue weighted by atomic mass is 10.4. The number of aryl methyl sites for hydroxylation is 1. The van der Waals surface area contributed by atoms with Crippen molar-refractivity contribution in [3.8, 4) is 6.07 Å². The second-order valence-electron chi connectivity index (χ2n) is 3.34. The fourth-order valence-corrected chi connectivity index (χ4v) is 2.07. The highest BCUT2D eigenvalue weighted by atomic mass is 32.1. The Morgan fingerprint density at radius 1 is 1.50 bits per heavy atom. The summed E-state index contributed by atoms with van der Waals surface area (Å²) in [5.41, 5.74) is 0. The van der Waals surface area contributed by atoms with E-state index in [1.807, 2.05) is 23.7 Å². The molecule has 2 heterocycles. The van der Waals surface area contributed by atoms with Gasteiger partial charge in [-0.25, -0.2) is 0 Å². The van der Waals surface area contributed by atoms with Crippen molar-refractivity contribution in [2.45, 2.75) is 13.1 Å². The van der Waals surface area contributed by atoms with Crippen LogP contribution in [-0.4, -0.2) is 14.8 Å². The Bertz CT molecular complexity index is 507. The molecule has 0 unspecified atom stereocenters. The van der Waals surface area contributed by atoms with Gasteiger partial charge in [-0.3, -0.25) is 0 Å². The van der Waals surface area contributed by atoms with Gasteiger partial charge in [0.25, 0.3) is 0 Å². The van der Waals surface area contributed by atoms with Crippen molar-refractivity contribution >= 4 is 11.3 Å². The van der Waals surface area contributed by atoms with Crippen LogP contribution >= 0.6 is 11.3 Å². The maximum absolute atomic E-state index is 8.68. The Labute approximate surface area is 97.4 Å². The first-order chi connectivity index (χ1) is 7.79. The van der Waals surface area contributed by atoms with Crippen molar-refractivity contribution in [3.63, 3.8) is 0 Å². The topological polar surface area (TPSA) is 66.5 Å². The summed E-state index contributed by atoms with van der Waals surface area (Å²) >= 11 is 1.51. The first kappa shape index (κ1) is 10.8. The van der Waals surface area contributed by atoms with E-state index in [0.29, 0.717) is 6.54 Å². The number of thiophene rings is 1. The molecule has 0 amide bonds. The number of nitriles is 1. The average molecular weight is 233 g/mol. The Hall–Kier alpha value is -1.71. The van der Waals surface area contributed by atoms with Crippen molar-refractivity contribution in [2.75, 3.05) is 0 Å². The number of rotatable bonds is 4. The van der Waals surface area contributed by atoms with Crippen molar-refractivity contribution in [1.29, 1.82) is 5.26 Å². The molecule has 0 aliphatic carbocycles. The molecular formula is C10H11N5S. The van der Waals surface area contributed by atoms with Gasteiger partial charge in [0.2, 0.25) is 0 Å². The molecule has 2 aromatic rings. The lowest BCUT2D eigenvalue weighted by Gasteiger charge is -2.01. The summed E-state index contributed by atoms with van der Waals surface area (Å²) in [7, 11) is 1.91. The molecular weight excluding hydrogens is 222 g/mol. The predicted molar refractivity (Wildman–Crippen MR) is 60.6 cm³/mol. The van der Waals surface area contributed by atoms with E-state index in [1.54, 1.807) is 6.33 Å². The number of hydrogen-bond acceptors (Lipinski definition) is 5. The van der Waals surface area contributed by atoms with E-state index in [1.165, 1.54) is 11.3 Å². The lowest BCUT2D eigenvalue weighted by Crippen LogP contribution is -2.14. The normalized spacial score (nSPS) is 10.2. The third kappa shape index (κ3) is 2.45. The summed E-state index contributed by atoms with van der Waals surface area (Å²) in [5, 5.41) is 19.7. The quantitative estimate of drug-likeness (QED) is 0.856. The monoisotopic (exact) mass is 233 g/mol. The molecule has 82 valence electrons. The Morgan fingerprint density at radius 3 is 3.00 bits per heavy atom. The van der Waals surface area contributed by atoms with Crippen LogP contribution in [0.3, 0.4) is 0 Å². The molecule has 0 radical (unpaired) electrons. The van der Waals surface area contributed by atoms with Gasteiger partial charge in [0.05, 0.1) is 6.54 Å². The van der Waals surface area contributed by atoms with Gasteiger partial charge in [0.15, 0.2) is 0 Å². The SMILES string of the molecule is Cn1cnnc1CNCc1ccc(C#N)s1. The molecule has 0 aliphatic heterocycles. The highest BCUT2D eigenvalue weighted by Crippen LogP contribution is 2.14. The van der Waals surface area contributed by atoms with E-state index in [9.17, 15) is 0 Å². The Balaban J connectivity index is 1.85. The molecule has 6 heteroatoms. The third-order valence-electron chi connectivity index (χ3n) is 2.16. The minimum absolute atomic E-state index is 0.677. The molecule has 0 atom stereocenters. The van der Waals surface area contributed by atoms with Crippen LogP contribution in [-0.2, 0) is 20.1 Å². The zero-order valence-electron chi connectivity index (χ0n) is 8.84.